The van der Waals surface area contributed by atoms with Crippen LogP contribution in [0.4, 0.5) is 11.4 Å². The third-order valence-corrected chi connectivity index (χ3v) is 8.20. The molecule has 2 bridgehead atoms. The molecule has 160 valence electrons. The molecule has 1 aromatic rings. The number of anilines is 2. The summed E-state index contributed by atoms with van der Waals surface area (Å²) in [6.45, 7) is 0. The SMILES string of the molecule is CS(=O)(=O)Nc1ccc2c(c1)S(=O)(=O)N=C(C1=C(O)C3C(NC1=O)[C@@H]1CC[C@H]3C1)N2. The van der Waals surface area contributed by atoms with Gasteiger partial charge in [0.15, 0.2) is 5.84 Å². The van der Waals surface area contributed by atoms with Gasteiger partial charge in [-0.3, -0.25) is 9.52 Å². The maximum Gasteiger partial charge on any atom is 0.286 e. The summed E-state index contributed by atoms with van der Waals surface area (Å²) < 4.78 is 54.3. The van der Waals surface area contributed by atoms with Crippen molar-refractivity contribution < 1.29 is 26.7 Å². The summed E-state index contributed by atoms with van der Waals surface area (Å²) in [6.07, 6.45) is 3.87. The van der Waals surface area contributed by atoms with Crippen molar-refractivity contribution in [3.8, 4) is 0 Å². The molecule has 1 amide bonds. The number of nitrogens with one attached hydrogen (secondary N) is 3. The molecule has 4 aliphatic rings. The third-order valence-electron chi connectivity index (χ3n) is 6.28. The Morgan fingerprint density at radius 3 is 2.70 bits per heavy atom. The number of rotatable bonds is 3. The van der Waals surface area contributed by atoms with E-state index in [-0.39, 0.29) is 51.3 Å². The topological polar surface area (TPSA) is 154 Å². The first-order valence-corrected chi connectivity index (χ1v) is 12.8. The van der Waals surface area contributed by atoms with Gasteiger partial charge in [0.25, 0.3) is 15.9 Å². The van der Waals surface area contributed by atoms with Crippen LogP contribution in [0.2, 0.25) is 0 Å². The number of amides is 1. The molecule has 0 radical (unpaired) electrons. The van der Waals surface area contributed by atoms with E-state index in [1.165, 1.54) is 12.1 Å². The molecule has 5 rings (SSSR count). The first kappa shape index (κ1) is 19.4. The number of hydrogen-bond donors (Lipinski definition) is 4. The Balaban J connectivity index is 1.55. The summed E-state index contributed by atoms with van der Waals surface area (Å²) in [5.74, 6) is -0.542. The smallest absolute Gasteiger partial charge is 0.286 e. The second-order valence-electron chi connectivity index (χ2n) is 8.24. The van der Waals surface area contributed by atoms with Crippen molar-refractivity contribution in [3.63, 3.8) is 0 Å². The minimum Gasteiger partial charge on any atom is -0.511 e. The Bertz CT molecular complexity index is 1250. The predicted molar refractivity (Wildman–Crippen MR) is 109 cm³/mol. The second kappa shape index (κ2) is 6.20. The standard InChI is InChI=1S/C18H20N4O6S2/c1-29(25,26)21-10-4-5-11-12(7-10)30(27,28)22-17(19-11)14-16(23)13-8-2-3-9(6-8)15(13)20-18(14)24/h4-5,7-9,13,15,21,23H,2-3,6H2,1H3,(H,19,22)(H,20,24)/t8-,9+,13?,15?/m0/s1. The lowest BCUT2D eigenvalue weighted by Crippen LogP contribution is -2.51. The van der Waals surface area contributed by atoms with E-state index in [9.17, 15) is 26.7 Å². The van der Waals surface area contributed by atoms with Gasteiger partial charge in [-0.2, -0.15) is 8.42 Å². The lowest BCUT2D eigenvalue weighted by molar-refractivity contribution is -0.119. The van der Waals surface area contributed by atoms with Crippen LogP contribution >= 0.6 is 0 Å². The first-order valence-electron chi connectivity index (χ1n) is 9.52. The first-order chi connectivity index (χ1) is 14.0. The number of aliphatic hydroxyl groups is 1. The van der Waals surface area contributed by atoms with Crippen LogP contribution in [0.15, 0.2) is 38.8 Å². The molecule has 12 heteroatoms. The molecule has 10 nitrogen and oxygen atoms in total. The monoisotopic (exact) mass is 452 g/mol. The average molecular weight is 453 g/mol. The summed E-state index contributed by atoms with van der Waals surface area (Å²) >= 11 is 0. The van der Waals surface area contributed by atoms with E-state index in [0.29, 0.717) is 5.92 Å². The second-order valence-corrected chi connectivity index (χ2v) is 11.6. The minimum absolute atomic E-state index is 0.0718. The van der Waals surface area contributed by atoms with E-state index >= 15 is 0 Å². The van der Waals surface area contributed by atoms with Crippen LogP contribution < -0.4 is 15.4 Å². The van der Waals surface area contributed by atoms with Crippen molar-refractivity contribution in [2.45, 2.75) is 30.2 Å². The van der Waals surface area contributed by atoms with E-state index < -0.39 is 26.0 Å². The molecule has 2 aliphatic heterocycles. The molecule has 0 aromatic heterocycles. The highest BCUT2D eigenvalue weighted by atomic mass is 32.2. The van der Waals surface area contributed by atoms with E-state index in [2.05, 4.69) is 19.8 Å². The molecule has 1 aromatic carbocycles. The Morgan fingerprint density at radius 2 is 1.97 bits per heavy atom. The largest absolute Gasteiger partial charge is 0.511 e. The number of amidine groups is 1. The number of hydrogen-bond acceptors (Lipinski definition) is 7. The number of benzene rings is 1. The molecule has 2 aliphatic carbocycles. The van der Waals surface area contributed by atoms with Gasteiger partial charge < -0.3 is 15.7 Å². The van der Waals surface area contributed by atoms with Gasteiger partial charge in [-0.1, -0.05) is 0 Å². The van der Waals surface area contributed by atoms with E-state index in [0.717, 1.165) is 31.6 Å². The lowest BCUT2D eigenvalue weighted by Gasteiger charge is -2.36. The van der Waals surface area contributed by atoms with Gasteiger partial charge in [0.1, 0.15) is 16.2 Å². The van der Waals surface area contributed by atoms with Crippen molar-refractivity contribution >= 4 is 43.2 Å². The fourth-order valence-electron chi connectivity index (χ4n) is 5.17. The van der Waals surface area contributed by atoms with Crippen molar-refractivity contribution in [1.29, 1.82) is 0 Å². The highest BCUT2D eigenvalue weighted by molar-refractivity contribution is 7.92. The molecule has 2 unspecified atom stereocenters. The van der Waals surface area contributed by atoms with Crippen LogP contribution in [0.5, 0.6) is 0 Å². The zero-order valence-electron chi connectivity index (χ0n) is 15.9. The summed E-state index contributed by atoms with van der Waals surface area (Å²) in [7, 11) is -7.82. The van der Waals surface area contributed by atoms with E-state index in [4.69, 9.17) is 0 Å². The predicted octanol–water partition coefficient (Wildman–Crippen LogP) is 0.927. The van der Waals surface area contributed by atoms with Crippen LogP contribution in [-0.4, -0.2) is 46.0 Å². The summed E-state index contributed by atoms with van der Waals surface area (Å²) in [5.41, 5.74) is 0.0566. The van der Waals surface area contributed by atoms with Gasteiger partial charge in [0.2, 0.25) is 10.0 Å². The Morgan fingerprint density at radius 1 is 1.23 bits per heavy atom. The molecule has 4 atom stereocenters. The molecule has 2 heterocycles. The molecule has 4 N–H and O–H groups in total. The van der Waals surface area contributed by atoms with E-state index in [1.54, 1.807) is 0 Å². The van der Waals surface area contributed by atoms with Crippen LogP contribution in [-0.2, 0) is 24.8 Å². The van der Waals surface area contributed by atoms with Crippen molar-refractivity contribution in [3.05, 3.63) is 29.5 Å². The van der Waals surface area contributed by atoms with Gasteiger partial charge in [0.05, 0.1) is 11.9 Å². The number of carbonyl (C=O) groups is 1. The van der Waals surface area contributed by atoms with Crippen LogP contribution in [0, 0.1) is 17.8 Å². The number of aliphatic hydroxyl groups excluding tert-OH is 1. The van der Waals surface area contributed by atoms with Crippen molar-refractivity contribution in [2.75, 3.05) is 16.3 Å². The third kappa shape index (κ3) is 2.97. The highest BCUT2D eigenvalue weighted by Crippen LogP contribution is 2.52. The maximum atomic E-state index is 12.8. The Kier molecular flexibility index (Phi) is 4.00. The quantitative estimate of drug-likeness (QED) is 0.532. The van der Waals surface area contributed by atoms with Crippen molar-refractivity contribution in [1.82, 2.24) is 5.32 Å². The lowest BCUT2D eigenvalue weighted by atomic mass is 9.79. The van der Waals surface area contributed by atoms with Crippen molar-refractivity contribution in [2.24, 2.45) is 22.2 Å². The molecule has 30 heavy (non-hydrogen) atoms. The highest BCUT2D eigenvalue weighted by Gasteiger charge is 2.54. The number of carbonyl (C=O) groups excluding carboxylic acids is 1. The Hall–Kier alpha value is -2.60. The molecule has 0 saturated heterocycles. The fraction of sp³-hybridized carbons (Fsp3) is 0.444. The normalized spacial score (nSPS) is 31.4. The van der Waals surface area contributed by atoms with Gasteiger partial charge in [-0.25, -0.2) is 8.42 Å². The van der Waals surface area contributed by atoms with E-state index in [1.807, 2.05) is 0 Å². The molecule has 2 saturated carbocycles. The summed E-state index contributed by atoms with van der Waals surface area (Å²) in [4.78, 5) is 12.5. The molecule has 2 fully saturated rings. The average Bonchev–Trinajstić information content (AvgIpc) is 3.22. The number of nitrogens with zero attached hydrogens (tertiary/aromatic N) is 1. The van der Waals surface area contributed by atoms with Crippen LogP contribution in [0.1, 0.15) is 19.3 Å². The Labute approximate surface area is 173 Å². The van der Waals surface area contributed by atoms with Gasteiger partial charge in [-0.05, 0) is 49.3 Å². The number of sulfonamides is 2. The van der Waals surface area contributed by atoms with Crippen LogP contribution in [0.25, 0.3) is 0 Å². The molecule has 0 spiro atoms. The minimum atomic E-state index is -4.23. The fourth-order valence-corrected chi connectivity index (χ4v) is 6.88. The summed E-state index contributed by atoms with van der Waals surface area (Å²) in [6, 6.07) is 3.80. The summed E-state index contributed by atoms with van der Waals surface area (Å²) in [5, 5.41) is 16.6. The molecular weight excluding hydrogens is 432 g/mol. The number of fused-ring (bicyclic) bond motifs is 6. The zero-order chi connectivity index (χ0) is 21.4. The van der Waals surface area contributed by atoms with Gasteiger partial charge in [0, 0.05) is 17.6 Å². The zero-order valence-corrected chi connectivity index (χ0v) is 17.5. The maximum absolute atomic E-state index is 12.8. The van der Waals surface area contributed by atoms with Crippen LogP contribution in [0.3, 0.4) is 0 Å². The van der Waals surface area contributed by atoms with Gasteiger partial charge in [-0.15, -0.1) is 4.40 Å². The van der Waals surface area contributed by atoms with Gasteiger partial charge >= 0.3 is 0 Å². The molecular formula is C18H20N4O6S2.